The van der Waals surface area contributed by atoms with Crippen LogP contribution in [0.2, 0.25) is 0 Å². The third-order valence-corrected chi connectivity index (χ3v) is 3.77. The molecule has 0 aliphatic carbocycles. The molecule has 3 rings (SSSR count). The molecule has 0 radical (unpaired) electrons. The van der Waals surface area contributed by atoms with Crippen molar-refractivity contribution in [3.05, 3.63) is 64.0 Å². The summed E-state index contributed by atoms with van der Waals surface area (Å²) in [5.41, 5.74) is 1.93. The van der Waals surface area contributed by atoms with Crippen molar-refractivity contribution in [2.24, 2.45) is 0 Å². The molecule has 0 spiro atoms. The SMILES string of the molecule is COCC(=O)Oc1ccc2c(=O)c(Oc3cc(C)ccc3C)coc2c1. The van der Waals surface area contributed by atoms with Crippen molar-refractivity contribution in [3.63, 3.8) is 0 Å². The monoisotopic (exact) mass is 354 g/mol. The minimum absolute atomic E-state index is 0.0929. The van der Waals surface area contributed by atoms with Crippen LogP contribution in [-0.2, 0) is 9.53 Å². The summed E-state index contributed by atoms with van der Waals surface area (Å²) in [7, 11) is 1.40. The normalized spacial score (nSPS) is 10.7. The van der Waals surface area contributed by atoms with Gasteiger partial charge >= 0.3 is 5.97 Å². The Morgan fingerprint density at radius 2 is 1.88 bits per heavy atom. The van der Waals surface area contributed by atoms with E-state index in [4.69, 9.17) is 18.6 Å². The zero-order valence-electron chi connectivity index (χ0n) is 14.7. The lowest BCUT2D eigenvalue weighted by Gasteiger charge is -2.09. The molecule has 0 fully saturated rings. The van der Waals surface area contributed by atoms with Crippen LogP contribution < -0.4 is 14.9 Å². The van der Waals surface area contributed by atoms with Gasteiger partial charge in [-0.05, 0) is 43.2 Å². The third kappa shape index (κ3) is 3.75. The smallest absolute Gasteiger partial charge is 0.337 e. The number of fused-ring (bicyclic) bond motifs is 1. The highest BCUT2D eigenvalue weighted by molar-refractivity contribution is 5.81. The molecule has 0 aliphatic rings. The molecule has 0 bridgehead atoms. The van der Waals surface area contributed by atoms with Gasteiger partial charge in [0.1, 0.15) is 30.0 Å². The lowest BCUT2D eigenvalue weighted by Crippen LogP contribution is -2.14. The molecule has 6 heteroatoms. The standard InChI is InChI=1S/C20H18O6/c1-12-4-5-13(2)16(8-12)26-18-10-24-17-9-14(25-19(21)11-23-3)6-7-15(17)20(18)22/h4-10H,11H2,1-3H3. The van der Waals surface area contributed by atoms with Crippen molar-refractivity contribution in [3.8, 4) is 17.2 Å². The molecule has 0 unspecified atom stereocenters. The second-order valence-electron chi connectivity index (χ2n) is 5.87. The van der Waals surface area contributed by atoms with E-state index >= 15 is 0 Å². The van der Waals surface area contributed by atoms with Gasteiger partial charge < -0.3 is 18.6 Å². The Hall–Kier alpha value is -3.12. The fraction of sp³-hybridized carbons (Fsp3) is 0.200. The molecule has 3 aromatic rings. The van der Waals surface area contributed by atoms with E-state index in [0.29, 0.717) is 16.7 Å². The van der Waals surface area contributed by atoms with Crippen molar-refractivity contribution in [1.29, 1.82) is 0 Å². The fourth-order valence-corrected chi connectivity index (χ4v) is 2.44. The molecule has 0 N–H and O–H groups in total. The van der Waals surface area contributed by atoms with Crippen LogP contribution in [0.5, 0.6) is 17.2 Å². The molecule has 1 heterocycles. The van der Waals surface area contributed by atoms with E-state index in [0.717, 1.165) is 11.1 Å². The highest BCUT2D eigenvalue weighted by Gasteiger charge is 2.12. The summed E-state index contributed by atoms with van der Waals surface area (Å²) in [5, 5.41) is 0.333. The first-order valence-electron chi connectivity index (χ1n) is 7.98. The van der Waals surface area contributed by atoms with E-state index < -0.39 is 5.97 Å². The van der Waals surface area contributed by atoms with Crippen LogP contribution in [0, 0.1) is 13.8 Å². The lowest BCUT2D eigenvalue weighted by atomic mass is 10.1. The first-order valence-corrected chi connectivity index (χ1v) is 7.98. The number of aryl methyl sites for hydroxylation is 2. The molecule has 0 saturated carbocycles. The van der Waals surface area contributed by atoms with Gasteiger partial charge in [0, 0.05) is 13.2 Å². The summed E-state index contributed by atoms with van der Waals surface area (Å²) in [6.07, 6.45) is 1.26. The zero-order valence-corrected chi connectivity index (χ0v) is 14.7. The predicted molar refractivity (Wildman–Crippen MR) is 96.0 cm³/mol. The molecule has 2 aromatic carbocycles. The number of carbonyl (C=O) groups excluding carboxylic acids is 1. The third-order valence-electron chi connectivity index (χ3n) is 3.77. The Balaban J connectivity index is 1.92. The van der Waals surface area contributed by atoms with Crippen molar-refractivity contribution < 1.29 is 23.4 Å². The van der Waals surface area contributed by atoms with Gasteiger partial charge in [-0.15, -0.1) is 0 Å². The maximum atomic E-state index is 12.7. The number of ether oxygens (including phenoxy) is 3. The number of carbonyl (C=O) groups is 1. The first kappa shape index (κ1) is 17.7. The Bertz CT molecular complexity index is 1020. The van der Waals surface area contributed by atoms with Crippen LogP contribution in [0.1, 0.15) is 11.1 Å². The number of rotatable bonds is 5. The highest BCUT2D eigenvalue weighted by atomic mass is 16.6. The Kier molecular flexibility index (Phi) is 5.04. The van der Waals surface area contributed by atoms with Gasteiger partial charge in [0.15, 0.2) is 0 Å². The van der Waals surface area contributed by atoms with Gasteiger partial charge in [-0.25, -0.2) is 4.79 Å². The van der Waals surface area contributed by atoms with Crippen LogP contribution in [0.4, 0.5) is 0 Å². The number of hydrogen-bond acceptors (Lipinski definition) is 6. The maximum Gasteiger partial charge on any atom is 0.337 e. The topological polar surface area (TPSA) is 75.0 Å². The second kappa shape index (κ2) is 7.41. The molecule has 26 heavy (non-hydrogen) atoms. The fourth-order valence-electron chi connectivity index (χ4n) is 2.44. The lowest BCUT2D eigenvalue weighted by molar-refractivity contribution is -0.138. The number of benzene rings is 2. The molecular formula is C20H18O6. The van der Waals surface area contributed by atoms with Crippen molar-refractivity contribution in [1.82, 2.24) is 0 Å². The summed E-state index contributed by atoms with van der Waals surface area (Å²) in [5.74, 6) is 0.423. The average molecular weight is 354 g/mol. The first-order chi connectivity index (χ1) is 12.5. The summed E-state index contributed by atoms with van der Waals surface area (Å²) in [6.45, 7) is 3.68. The Morgan fingerprint density at radius 3 is 2.65 bits per heavy atom. The van der Waals surface area contributed by atoms with E-state index in [1.807, 2.05) is 32.0 Å². The van der Waals surface area contributed by atoms with Gasteiger partial charge in [-0.3, -0.25) is 4.79 Å². The molecule has 0 atom stereocenters. The molecule has 0 saturated heterocycles. The molecule has 134 valence electrons. The largest absolute Gasteiger partial charge is 0.460 e. The molecule has 6 nitrogen and oxygen atoms in total. The summed E-state index contributed by atoms with van der Waals surface area (Å²) < 4.78 is 21.1. The predicted octanol–water partition coefficient (Wildman–Crippen LogP) is 3.75. The minimum atomic E-state index is -0.538. The van der Waals surface area contributed by atoms with Crippen molar-refractivity contribution in [2.75, 3.05) is 13.7 Å². The van der Waals surface area contributed by atoms with Crippen LogP contribution in [0.15, 0.2) is 51.9 Å². The van der Waals surface area contributed by atoms with Crippen LogP contribution in [0.3, 0.4) is 0 Å². The summed E-state index contributed by atoms with van der Waals surface area (Å²) in [4.78, 5) is 24.1. The average Bonchev–Trinajstić information content (AvgIpc) is 2.60. The van der Waals surface area contributed by atoms with Crippen LogP contribution in [-0.4, -0.2) is 19.7 Å². The van der Waals surface area contributed by atoms with Gasteiger partial charge in [-0.2, -0.15) is 0 Å². The number of hydrogen-bond donors (Lipinski definition) is 0. The Labute approximate surface area is 149 Å². The summed E-state index contributed by atoms with van der Waals surface area (Å²) >= 11 is 0. The van der Waals surface area contributed by atoms with E-state index in [2.05, 4.69) is 0 Å². The molecule has 0 amide bonds. The van der Waals surface area contributed by atoms with Crippen molar-refractivity contribution >= 4 is 16.9 Å². The van der Waals surface area contributed by atoms with Crippen LogP contribution in [0.25, 0.3) is 11.0 Å². The molecule has 1 aromatic heterocycles. The Morgan fingerprint density at radius 1 is 1.08 bits per heavy atom. The van der Waals surface area contributed by atoms with Gasteiger partial charge in [-0.1, -0.05) is 12.1 Å². The van der Waals surface area contributed by atoms with E-state index in [1.54, 1.807) is 0 Å². The maximum absolute atomic E-state index is 12.7. The van der Waals surface area contributed by atoms with Crippen LogP contribution >= 0.6 is 0 Å². The van der Waals surface area contributed by atoms with Crippen molar-refractivity contribution in [2.45, 2.75) is 13.8 Å². The number of esters is 1. The molecule has 0 aliphatic heterocycles. The van der Waals surface area contributed by atoms with E-state index in [9.17, 15) is 9.59 Å². The van der Waals surface area contributed by atoms with Gasteiger partial charge in [0.05, 0.1) is 5.39 Å². The number of methoxy groups -OCH3 is 1. The molecular weight excluding hydrogens is 336 g/mol. The van der Waals surface area contributed by atoms with E-state index in [-0.39, 0.29) is 23.5 Å². The van der Waals surface area contributed by atoms with E-state index in [1.165, 1.54) is 31.6 Å². The quantitative estimate of drug-likeness (QED) is 0.513. The zero-order chi connectivity index (χ0) is 18.7. The highest BCUT2D eigenvalue weighted by Crippen LogP contribution is 2.26. The van der Waals surface area contributed by atoms with Gasteiger partial charge in [0.25, 0.3) is 0 Å². The van der Waals surface area contributed by atoms with Gasteiger partial charge in [0.2, 0.25) is 11.2 Å². The summed E-state index contributed by atoms with van der Waals surface area (Å²) in [6, 6.07) is 10.3. The second-order valence-corrected chi connectivity index (χ2v) is 5.87. The minimum Gasteiger partial charge on any atom is -0.460 e.